The fourth-order valence-corrected chi connectivity index (χ4v) is 3.67. The molecule has 0 unspecified atom stereocenters. The second-order valence-electron chi connectivity index (χ2n) is 7.29. The number of morpholine rings is 1. The van der Waals surface area contributed by atoms with Crippen LogP contribution in [0.4, 0.5) is 16.2 Å². The van der Waals surface area contributed by atoms with Crippen LogP contribution in [0, 0.1) is 6.92 Å². The van der Waals surface area contributed by atoms with Gasteiger partial charge in [-0.15, -0.1) is 0 Å². The Hall–Kier alpha value is -3.00. The van der Waals surface area contributed by atoms with Crippen LogP contribution in [0.2, 0.25) is 0 Å². The van der Waals surface area contributed by atoms with Gasteiger partial charge in [-0.05, 0) is 42.8 Å². The van der Waals surface area contributed by atoms with Crippen LogP contribution in [0.15, 0.2) is 41.0 Å². The molecule has 2 aromatic rings. The summed E-state index contributed by atoms with van der Waals surface area (Å²) < 4.78 is 10.6. The zero-order chi connectivity index (χ0) is 20.2. The Morgan fingerprint density at radius 1 is 0.966 bits per heavy atom. The second kappa shape index (κ2) is 8.57. The van der Waals surface area contributed by atoms with E-state index in [4.69, 9.17) is 9.15 Å². The third-order valence-corrected chi connectivity index (χ3v) is 5.41. The number of benzene rings is 1. The molecule has 0 aliphatic carbocycles. The lowest BCUT2D eigenvalue weighted by Crippen LogP contribution is -2.51. The largest absolute Gasteiger partial charge is 0.459 e. The molecule has 1 N–H and O–H groups in total. The molecule has 0 radical (unpaired) electrons. The molecule has 2 saturated heterocycles. The lowest BCUT2D eigenvalue weighted by molar-refractivity contribution is 0.0640. The number of piperazine rings is 1. The van der Waals surface area contributed by atoms with Crippen molar-refractivity contribution in [2.75, 3.05) is 62.7 Å². The molecule has 4 rings (SSSR count). The number of hydrogen-bond acceptors (Lipinski definition) is 5. The Balaban J connectivity index is 1.32. The molecule has 2 aliphatic heterocycles. The van der Waals surface area contributed by atoms with Crippen LogP contribution >= 0.6 is 0 Å². The van der Waals surface area contributed by atoms with E-state index in [1.54, 1.807) is 21.9 Å². The number of anilines is 2. The van der Waals surface area contributed by atoms with E-state index in [0.29, 0.717) is 31.9 Å². The summed E-state index contributed by atoms with van der Waals surface area (Å²) in [5.41, 5.74) is 2.98. The number of nitrogens with zero attached hydrogens (tertiary/aromatic N) is 3. The number of ether oxygens (including phenoxy) is 1. The van der Waals surface area contributed by atoms with E-state index in [9.17, 15) is 9.59 Å². The number of aryl methyl sites for hydroxylation is 1. The summed E-state index contributed by atoms with van der Waals surface area (Å²) in [5.74, 6) is 0.198. The number of rotatable bonds is 3. The van der Waals surface area contributed by atoms with Crippen LogP contribution in [0.5, 0.6) is 0 Å². The first kappa shape index (κ1) is 19.3. The van der Waals surface area contributed by atoms with Crippen molar-refractivity contribution < 1.29 is 18.7 Å². The highest BCUT2D eigenvalue weighted by Gasteiger charge is 2.26. The van der Waals surface area contributed by atoms with Gasteiger partial charge in [-0.2, -0.15) is 0 Å². The van der Waals surface area contributed by atoms with Crippen molar-refractivity contribution in [2.24, 2.45) is 0 Å². The number of hydrogen-bond donors (Lipinski definition) is 1. The molecule has 1 aromatic carbocycles. The van der Waals surface area contributed by atoms with Gasteiger partial charge < -0.3 is 29.2 Å². The molecule has 1 aromatic heterocycles. The third kappa shape index (κ3) is 4.37. The topological polar surface area (TPSA) is 78.3 Å². The minimum Gasteiger partial charge on any atom is -0.459 e. The molecule has 0 bridgehead atoms. The molecule has 3 heterocycles. The summed E-state index contributed by atoms with van der Waals surface area (Å²) in [7, 11) is 0. The predicted octanol–water partition coefficient (Wildman–Crippen LogP) is 2.41. The normalized spacial score (nSPS) is 17.3. The zero-order valence-electron chi connectivity index (χ0n) is 16.6. The molecule has 8 nitrogen and oxygen atoms in total. The lowest BCUT2D eigenvalue weighted by Gasteiger charge is -2.34. The summed E-state index contributed by atoms with van der Waals surface area (Å²) in [6, 6.07) is 9.30. The zero-order valence-corrected chi connectivity index (χ0v) is 16.6. The van der Waals surface area contributed by atoms with Crippen LogP contribution in [0.25, 0.3) is 0 Å². The Morgan fingerprint density at radius 3 is 2.34 bits per heavy atom. The second-order valence-corrected chi connectivity index (χ2v) is 7.29. The molecule has 0 saturated carbocycles. The minimum atomic E-state index is -0.141. The van der Waals surface area contributed by atoms with Crippen LogP contribution in [-0.4, -0.2) is 74.2 Å². The van der Waals surface area contributed by atoms with E-state index >= 15 is 0 Å². The lowest BCUT2D eigenvalue weighted by atomic mass is 10.1. The van der Waals surface area contributed by atoms with E-state index in [0.717, 1.165) is 43.2 Å². The molecular weight excluding hydrogens is 372 g/mol. The summed E-state index contributed by atoms with van der Waals surface area (Å²) >= 11 is 0. The van der Waals surface area contributed by atoms with E-state index in [-0.39, 0.29) is 11.9 Å². The van der Waals surface area contributed by atoms with E-state index < -0.39 is 0 Å². The number of furan rings is 1. The number of urea groups is 1. The fourth-order valence-electron chi connectivity index (χ4n) is 3.67. The van der Waals surface area contributed by atoms with Crippen molar-refractivity contribution in [3.63, 3.8) is 0 Å². The maximum Gasteiger partial charge on any atom is 0.321 e. The summed E-state index contributed by atoms with van der Waals surface area (Å²) in [6.07, 6.45) is 1.49. The van der Waals surface area contributed by atoms with Gasteiger partial charge in [-0.25, -0.2) is 4.79 Å². The van der Waals surface area contributed by atoms with E-state index in [2.05, 4.69) is 16.3 Å². The van der Waals surface area contributed by atoms with Crippen molar-refractivity contribution in [1.29, 1.82) is 0 Å². The van der Waals surface area contributed by atoms with E-state index in [1.165, 1.54) is 6.26 Å². The Morgan fingerprint density at radius 2 is 1.69 bits per heavy atom. The highest BCUT2D eigenvalue weighted by atomic mass is 16.5. The van der Waals surface area contributed by atoms with Gasteiger partial charge >= 0.3 is 6.03 Å². The average molecular weight is 398 g/mol. The maximum absolute atomic E-state index is 12.7. The number of amides is 3. The van der Waals surface area contributed by atoms with Crippen LogP contribution in [0.1, 0.15) is 16.1 Å². The molecule has 8 heteroatoms. The van der Waals surface area contributed by atoms with Crippen molar-refractivity contribution in [3.8, 4) is 0 Å². The van der Waals surface area contributed by atoms with Gasteiger partial charge in [0.15, 0.2) is 5.76 Å². The van der Waals surface area contributed by atoms with E-state index in [1.807, 2.05) is 19.1 Å². The van der Waals surface area contributed by atoms with Gasteiger partial charge in [0.05, 0.1) is 19.5 Å². The van der Waals surface area contributed by atoms with Crippen molar-refractivity contribution >= 4 is 23.3 Å². The van der Waals surface area contributed by atoms with Gasteiger partial charge in [0.25, 0.3) is 5.91 Å². The Bertz CT molecular complexity index is 854. The number of carbonyl (C=O) groups excluding carboxylic acids is 2. The molecule has 154 valence electrons. The minimum absolute atomic E-state index is 0.135. The van der Waals surface area contributed by atoms with Gasteiger partial charge in [-0.3, -0.25) is 4.79 Å². The number of carbonyl (C=O) groups is 2. The molecule has 2 fully saturated rings. The molecule has 0 spiro atoms. The summed E-state index contributed by atoms with van der Waals surface area (Å²) in [6.45, 7) is 7.20. The van der Waals surface area contributed by atoms with Gasteiger partial charge in [0.1, 0.15) is 0 Å². The Kier molecular flexibility index (Phi) is 5.71. The monoisotopic (exact) mass is 398 g/mol. The molecule has 29 heavy (non-hydrogen) atoms. The SMILES string of the molecule is Cc1cc(N2CCOCC2)ccc1NC(=O)N1CCN(C(=O)c2ccco2)CC1. The third-order valence-electron chi connectivity index (χ3n) is 5.41. The van der Waals surface area contributed by atoms with Crippen molar-refractivity contribution in [3.05, 3.63) is 47.9 Å². The standard InChI is InChI=1S/C21H26N4O4/c1-16-15-17(23-10-13-28-14-11-23)4-5-18(16)22-21(27)25-8-6-24(7-9-25)20(26)19-3-2-12-29-19/h2-5,12,15H,6-11,13-14H2,1H3,(H,22,27). The molecule has 3 amide bonds. The maximum atomic E-state index is 12.7. The Labute approximate surface area is 170 Å². The number of nitrogens with one attached hydrogen (secondary N) is 1. The highest BCUT2D eigenvalue weighted by Crippen LogP contribution is 2.24. The fraction of sp³-hybridized carbons (Fsp3) is 0.429. The van der Waals surface area contributed by atoms with Crippen LogP contribution < -0.4 is 10.2 Å². The van der Waals surface area contributed by atoms with Gasteiger partial charge in [0.2, 0.25) is 0 Å². The first-order valence-electron chi connectivity index (χ1n) is 9.94. The highest BCUT2D eigenvalue weighted by molar-refractivity contribution is 5.92. The first-order valence-corrected chi connectivity index (χ1v) is 9.94. The quantitative estimate of drug-likeness (QED) is 0.859. The average Bonchev–Trinajstić information content (AvgIpc) is 3.30. The van der Waals surface area contributed by atoms with Crippen LogP contribution in [-0.2, 0) is 4.74 Å². The summed E-state index contributed by atoms with van der Waals surface area (Å²) in [4.78, 5) is 30.8. The molecule has 2 aliphatic rings. The first-order chi connectivity index (χ1) is 14.1. The molecular formula is C21H26N4O4. The van der Waals surface area contributed by atoms with Gasteiger partial charge in [-0.1, -0.05) is 0 Å². The van der Waals surface area contributed by atoms with Gasteiger partial charge in [0, 0.05) is 50.6 Å². The smallest absolute Gasteiger partial charge is 0.321 e. The van der Waals surface area contributed by atoms with Crippen molar-refractivity contribution in [1.82, 2.24) is 9.80 Å². The predicted molar refractivity (Wildman–Crippen MR) is 109 cm³/mol. The summed E-state index contributed by atoms with van der Waals surface area (Å²) in [5, 5.41) is 3.00. The van der Waals surface area contributed by atoms with Crippen LogP contribution in [0.3, 0.4) is 0 Å². The van der Waals surface area contributed by atoms with Crippen molar-refractivity contribution in [2.45, 2.75) is 6.92 Å². The molecule has 0 atom stereocenters.